The zero-order valence-electron chi connectivity index (χ0n) is 16.9. The Morgan fingerprint density at radius 3 is 2.34 bits per heavy atom. The first-order chi connectivity index (χ1) is 15.1. The van der Waals surface area contributed by atoms with E-state index in [4.69, 9.17) is 11.6 Å². The van der Waals surface area contributed by atoms with Crippen molar-refractivity contribution in [2.24, 2.45) is 0 Å². The summed E-state index contributed by atoms with van der Waals surface area (Å²) in [6.45, 7) is 2.28. The van der Waals surface area contributed by atoms with E-state index in [0.29, 0.717) is 6.54 Å². The molecule has 0 aliphatic rings. The number of carbonyl (C=O) groups is 2. The van der Waals surface area contributed by atoms with Gasteiger partial charge in [0.15, 0.2) is 5.13 Å². The van der Waals surface area contributed by atoms with Gasteiger partial charge in [0.1, 0.15) is 11.4 Å². The van der Waals surface area contributed by atoms with Gasteiger partial charge in [0.2, 0.25) is 0 Å². The molecule has 168 valence electrons. The molecule has 0 unspecified atom stereocenters. The second-order valence-corrected chi connectivity index (χ2v) is 7.74. The number of thiazole rings is 1. The van der Waals surface area contributed by atoms with E-state index in [9.17, 15) is 22.8 Å². The topological polar surface area (TPSA) is 62.7 Å². The molecular weight excluding hydrogens is 467 g/mol. The van der Waals surface area contributed by atoms with E-state index in [-0.39, 0.29) is 33.0 Å². The lowest BCUT2D eigenvalue weighted by Crippen LogP contribution is -2.28. The molecule has 0 aliphatic carbocycles. The van der Waals surface area contributed by atoms with Crippen molar-refractivity contribution in [2.45, 2.75) is 13.3 Å². The van der Waals surface area contributed by atoms with Crippen molar-refractivity contribution in [3.8, 4) is 5.75 Å². The van der Waals surface area contributed by atoms with E-state index in [2.05, 4.69) is 9.72 Å². The van der Waals surface area contributed by atoms with Gasteiger partial charge >= 0.3 is 6.36 Å². The summed E-state index contributed by atoms with van der Waals surface area (Å²) in [7, 11) is 1.62. The number of alkyl halides is 3. The molecule has 0 saturated heterocycles. The lowest BCUT2D eigenvalue weighted by molar-refractivity contribution is -0.274. The second kappa shape index (κ2) is 9.58. The Hall–Kier alpha value is -3.11. The number of anilines is 2. The van der Waals surface area contributed by atoms with Gasteiger partial charge in [0, 0.05) is 19.0 Å². The third-order valence-electron chi connectivity index (χ3n) is 4.36. The summed E-state index contributed by atoms with van der Waals surface area (Å²) >= 11 is 7.23. The van der Waals surface area contributed by atoms with Gasteiger partial charge in [-0.1, -0.05) is 23.7 Å². The van der Waals surface area contributed by atoms with Gasteiger partial charge in [-0.3, -0.25) is 14.5 Å². The molecule has 0 fully saturated rings. The number of halogens is 4. The summed E-state index contributed by atoms with van der Waals surface area (Å²) in [5.74, 6) is -1.32. The fourth-order valence-corrected chi connectivity index (χ4v) is 3.70. The van der Waals surface area contributed by atoms with E-state index in [1.165, 1.54) is 33.4 Å². The van der Waals surface area contributed by atoms with Crippen LogP contribution in [-0.2, 0) is 0 Å². The summed E-state index contributed by atoms with van der Waals surface area (Å²) in [5.41, 5.74) is 0.531. The summed E-state index contributed by atoms with van der Waals surface area (Å²) in [6, 6.07) is 11.1. The number of benzene rings is 2. The van der Waals surface area contributed by atoms with Crippen LogP contribution in [0.5, 0.6) is 5.75 Å². The van der Waals surface area contributed by atoms with Crippen molar-refractivity contribution < 1.29 is 27.5 Å². The first-order valence-electron chi connectivity index (χ1n) is 9.26. The minimum absolute atomic E-state index is 0.142. The molecule has 1 aromatic heterocycles. The molecule has 0 saturated carbocycles. The molecule has 0 spiro atoms. The molecule has 0 N–H and O–H groups in total. The van der Waals surface area contributed by atoms with Crippen molar-refractivity contribution in [2.75, 3.05) is 18.5 Å². The highest BCUT2D eigenvalue weighted by Crippen LogP contribution is 2.34. The highest BCUT2D eigenvalue weighted by Gasteiger charge is 2.31. The van der Waals surface area contributed by atoms with Crippen LogP contribution in [0.2, 0.25) is 5.02 Å². The molecule has 3 rings (SSSR count). The Labute approximate surface area is 190 Å². The van der Waals surface area contributed by atoms with Gasteiger partial charge in [-0.25, -0.2) is 4.98 Å². The first-order valence-corrected chi connectivity index (χ1v) is 10.5. The number of ether oxygens (including phenoxy) is 1. The van der Waals surface area contributed by atoms with E-state index >= 15 is 0 Å². The van der Waals surface area contributed by atoms with Crippen LogP contribution in [0.4, 0.5) is 24.0 Å². The molecule has 2 amide bonds. The second-order valence-electron chi connectivity index (χ2n) is 6.50. The van der Waals surface area contributed by atoms with Crippen LogP contribution in [0.25, 0.3) is 0 Å². The minimum atomic E-state index is -4.84. The van der Waals surface area contributed by atoms with Crippen LogP contribution in [0, 0.1) is 0 Å². The van der Waals surface area contributed by atoms with Gasteiger partial charge in [-0.2, -0.15) is 0 Å². The van der Waals surface area contributed by atoms with Gasteiger partial charge in [0.25, 0.3) is 11.8 Å². The molecule has 6 nitrogen and oxygen atoms in total. The number of nitrogens with zero attached hydrogens (tertiary/aromatic N) is 3. The molecular formula is C21H17ClF3N3O3S. The number of amides is 2. The lowest BCUT2D eigenvalue weighted by Gasteiger charge is -2.21. The van der Waals surface area contributed by atoms with Crippen LogP contribution in [-0.4, -0.2) is 41.7 Å². The molecule has 11 heteroatoms. The number of rotatable bonds is 6. The van der Waals surface area contributed by atoms with Crippen LogP contribution in [0.15, 0.2) is 53.9 Å². The Bertz CT molecular complexity index is 1120. The molecule has 0 aliphatic heterocycles. The third kappa shape index (κ3) is 5.38. The van der Waals surface area contributed by atoms with Crippen molar-refractivity contribution >= 4 is 45.6 Å². The maximum atomic E-state index is 13.4. The monoisotopic (exact) mass is 483 g/mol. The van der Waals surface area contributed by atoms with Crippen LogP contribution >= 0.6 is 22.9 Å². The predicted molar refractivity (Wildman–Crippen MR) is 116 cm³/mol. The standard InChI is InChI=1S/C21H17ClF3N3O3S/c1-3-27(2)19(30)17-12-32-20(26-17)28(18(29)15-6-4-5-7-16(15)22)13-8-10-14(11-9-13)31-21(23,24)25/h4-12H,3H2,1-2H3. The van der Waals surface area contributed by atoms with Gasteiger partial charge in [-0.05, 0) is 43.3 Å². The summed E-state index contributed by atoms with van der Waals surface area (Å²) < 4.78 is 41.4. The molecule has 0 bridgehead atoms. The van der Waals surface area contributed by atoms with Gasteiger partial charge in [0.05, 0.1) is 16.3 Å². The van der Waals surface area contributed by atoms with E-state index in [0.717, 1.165) is 23.5 Å². The highest BCUT2D eigenvalue weighted by atomic mass is 35.5. The lowest BCUT2D eigenvalue weighted by atomic mass is 10.2. The Morgan fingerprint density at radius 1 is 1.09 bits per heavy atom. The zero-order chi connectivity index (χ0) is 23.5. The fraction of sp³-hybridized carbons (Fsp3) is 0.190. The summed E-state index contributed by atoms with van der Waals surface area (Å²) in [4.78, 5) is 32.7. The summed E-state index contributed by atoms with van der Waals surface area (Å²) in [5, 5.41) is 1.86. The molecule has 1 heterocycles. The van der Waals surface area contributed by atoms with Crippen LogP contribution in [0.1, 0.15) is 27.8 Å². The quantitative estimate of drug-likeness (QED) is 0.447. The zero-order valence-corrected chi connectivity index (χ0v) is 18.5. The molecule has 0 atom stereocenters. The average molecular weight is 484 g/mol. The fourth-order valence-electron chi connectivity index (χ4n) is 2.67. The van der Waals surface area contributed by atoms with Gasteiger partial charge < -0.3 is 9.64 Å². The Kier molecular flexibility index (Phi) is 7.05. The van der Waals surface area contributed by atoms with E-state index in [1.807, 2.05) is 6.92 Å². The minimum Gasteiger partial charge on any atom is -0.406 e. The van der Waals surface area contributed by atoms with E-state index < -0.39 is 18.0 Å². The van der Waals surface area contributed by atoms with Gasteiger partial charge in [-0.15, -0.1) is 24.5 Å². The first kappa shape index (κ1) is 23.6. The van der Waals surface area contributed by atoms with Crippen molar-refractivity contribution in [1.29, 1.82) is 0 Å². The van der Waals surface area contributed by atoms with Crippen molar-refractivity contribution in [1.82, 2.24) is 9.88 Å². The maximum absolute atomic E-state index is 13.4. The third-order valence-corrected chi connectivity index (χ3v) is 5.51. The SMILES string of the molecule is CCN(C)C(=O)c1csc(N(C(=O)c2ccccc2Cl)c2ccc(OC(F)(F)F)cc2)n1. The highest BCUT2D eigenvalue weighted by molar-refractivity contribution is 7.14. The maximum Gasteiger partial charge on any atom is 0.573 e. The molecule has 0 radical (unpaired) electrons. The smallest absolute Gasteiger partial charge is 0.406 e. The molecule has 32 heavy (non-hydrogen) atoms. The Morgan fingerprint density at radius 2 is 1.75 bits per heavy atom. The van der Waals surface area contributed by atoms with Crippen molar-refractivity contribution in [3.05, 3.63) is 70.2 Å². The number of hydrogen-bond acceptors (Lipinski definition) is 5. The largest absolute Gasteiger partial charge is 0.573 e. The molecule has 3 aromatic rings. The predicted octanol–water partition coefficient (Wildman–Crippen LogP) is 5.77. The normalized spacial score (nSPS) is 11.2. The number of hydrogen-bond donors (Lipinski definition) is 0. The number of aromatic nitrogens is 1. The van der Waals surface area contributed by atoms with Crippen LogP contribution in [0.3, 0.4) is 0 Å². The number of carbonyl (C=O) groups excluding carboxylic acids is 2. The summed E-state index contributed by atoms with van der Waals surface area (Å²) in [6.07, 6.45) is -4.84. The molecule has 2 aromatic carbocycles. The average Bonchev–Trinajstić information content (AvgIpc) is 3.22. The van der Waals surface area contributed by atoms with Crippen LogP contribution < -0.4 is 9.64 Å². The van der Waals surface area contributed by atoms with E-state index in [1.54, 1.807) is 25.2 Å². The van der Waals surface area contributed by atoms with Crippen molar-refractivity contribution in [3.63, 3.8) is 0 Å². The Balaban J connectivity index is 2.03.